The Labute approximate surface area is 95.4 Å². The van der Waals surface area contributed by atoms with E-state index >= 15 is 0 Å². The Morgan fingerprint density at radius 2 is 1.73 bits per heavy atom. The average Bonchev–Trinajstić information content (AvgIpc) is 2.16. The number of hydrogen-bond donors (Lipinski definition) is 1. The molecule has 0 bridgehead atoms. The standard InChI is InChI=1S/C13H28N2/c1-11-8-12(2)10-13(9-11)15(4)7-5-6-14-3/h11-14H,5-10H2,1-4H3. The SMILES string of the molecule is CNCCCN(C)C1CC(C)CC(C)C1. The lowest BCUT2D eigenvalue weighted by atomic mass is 9.80. The molecule has 0 spiro atoms. The Kier molecular flexibility index (Phi) is 5.62. The fourth-order valence-electron chi connectivity index (χ4n) is 2.95. The maximum Gasteiger partial charge on any atom is 0.00972 e. The highest BCUT2D eigenvalue weighted by atomic mass is 15.1. The molecule has 15 heavy (non-hydrogen) atoms. The predicted octanol–water partition coefficient (Wildman–Crippen LogP) is 2.35. The van der Waals surface area contributed by atoms with Crippen molar-refractivity contribution in [2.24, 2.45) is 11.8 Å². The fraction of sp³-hybridized carbons (Fsp3) is 1.00. The van der Waals surface area contributed by atoms with Crippen LogP contribution in [0.25, 0.3) is 0 Å². The van der Waals surface area contributed by atoms with Crippen molar-refractivity contribution in [2.75, 3.05) is 27.2 Å². The Morgan fingerprint density at radius 3 is 2.27 bits per heavy atom. The normalized spacial score (nSPS) is 32.2. The molecule has 2 heteroatoms. The minimum Gasteiger partial charge on any atom is -0.320 e. The molecule has 0 saturated heterocycles. The van der Waals surface area contributed by atoms with Crippen LogP contribution in [0.2, 0.25) is 0 Å². The molecule has 1 rings (SSSR count). The molecule has 1 aliphatic carbocycles. The third-order valence-electron chi connectivity index (χ3n) is 3.71. The van der Waals surface area contributed by atoms with E-state index in [1.807, 2.05) is 7.05 Å². The smallest absolute Gasteiger partial charge is 0.00972 e. The van der Waals surface area contributed by atoms with Gasteiger partial charge in [0.25, 0.3) is 0 Å². The lowest BCUT2D eigenvalue weighted by Gasteiger charge is -2.37. The predicted molar refractivity (Wildman–Crippen MR) is 67.1 cm³/mol. The Bertz CT molecular complexity index is 160. The van der Waals surface area contributed by atoms with Crippen molar-refractivity contribution in [3.63, 3.8) is 0 Å². The van der Waals surface area contributed by atoms with Gasteiger partial charge in [0.1, 0.15) is 0 Å². The van der Waals surface area contributed by atoms with Crippen LogP contribution >= 0.6 is 0 Å². The first-order chi connectivity index (χ1) is 7.13. The summed E-state index contributed by atoms with van der Waals surface area (Å²) in [5.74, 6) is 1.84. The maximum atomic E-state index is 3.22. The molecule has 90 valence electrons. The van der Waals surface area contributed by atoms with Crippen molar-refractivity contribution < 1.29 is 0 Å². The molecular formula is C13H28N2. The number of hydrogen-bond acceptors (Lipinski definition) is 2. The zero-order valence-corrected chi connectivity index (χ0v) is 10.9. The van der Waals surface area contributed by atoms with Gasteiger partial charge in [-0.05, 0) is 64.7 Å². The highest BCUT2D eigenvalue weighted by Crippen LogP contribution is 2.30. The number of nitrogens with zero attached hydrogens (tertiary/aromatic N) is 1. The van der Waals surface area contributed by atoms with Gasteiger partial charge in [0.15, 0.2) is 0 Å². The maximum absolute atomic E-state index is 3.22. The van der Waals surface area contributed by atoms with Gasteiger partial charge in [0, 0.05) is 6.04 Å². The van der Waals surface area contributed by atoms with Gasteiger partial charge in [-0.25, -0.2) is 0 Å². The summed E-state index contributed by atoms with van der Waals surface area (Å²) in [4.78, 5) is 2.57. The molecule has 2 atom stereocenters. The Morgan fingerprint density at radius 1 is 1.13 bits per heavy atom. The van der Waals surface area contributed by atoms with E-state index in [-0.39, 0.29) is 0 Å². The van der Waals surface area contributed by atoms with Crippen LogP contribution in [0.3, 0.4) is 0 Å². The summed E-state index contributed by atoms with van der Waals surface area (Å²) in [6.07, 6.45) is 5.51. The van der Waals surface area contributed by atoms with Crippen molar-refractivity contribution in [3.05, 3.63) is 0 Å². The van der Waals surface area contributed by atoms with Gasteiger partial charge in [-0.2, -0.15) is 0 Å². The molecule has 0 aliphatic heterocycles. The van der Waals surface area contributed by atoms with Gasteiger partial charge >= 0.3 is 0 Å². The molecule has 1 N–H and O–H groups in total. The molecule has 2 unspecified atom stereocenters. The molecule has 1 fully saturated rings. The molecule has 0 aromatic heterocycles. The van der Waals surface area contributed by atoms with E-state index in [0.717, 1.165) is 24.4 Å². The van der Waals surface area contributed by atoms with Crippen LogP contribution in [0.4, 0.5) is 0 Å². The van der Waals surface area contributed by atoms with Crippen molar-refractivity contribution >= 4 is 0 Å². The lowest BCUT2D eigenvalue weighted by molar-refractivity contribution is 0.132. The third kappa shape index (κ3) is 4.52. The molecule has 1 aliphatic rings. The van der Waals surface area contributed by atoms with Crippen LogP contribution in [0.1, 0.15) is 39.5 Å². The van der Waals surface area contributed by atoms with E-state index in [2.05, 4.69) is 31.1 Å². The molecule has 0 aromatic carbocycles. The fourth-order valence-corrected chi connectivity index (χ4v) is 2.95. The molecule has 0 amide bonds. The Balaban J connectivity index is 2.28. The first-order valence-electron chi connectivity index (χ1n) is 6.48. The van der Waals surface area contributed by atoms with Gasteiger partial charge < -0.3 is 10.2 Å². The summed E-state index contributed by atoms with van der Waals surface area (Å²) in [7, 11) is 4.33. The first kappa shape index (κ1) is 13.0. The molecular weight excluding hydrogens is 184 g/mol. The molecule has 2 nitrogen and oxygen atoms in total. The first-order valence-corrected chi connectivity index (χ1v) is 6.48. The summed E-state index contributed by atoms with van der Waals surface area (Å²) in [6.45, 7) is 7.20. The van der Waals surface area contributed by atoms with E-state index in [1.54, 1.807) is 0 Å². The second-order valence-electron chi connectivity index (χ2n) is 5.51. The van der Waals surface area contributed by atoms with Gasteiger partial charge in [0.05, 0.1) is 0 Å². The monoisotopic (exact) mass is 212 g/mol. The second-order valence-corrected chi connectivity index (χ2v) is 5.51. The van der Waals surface area contributed by atoms with Crippen molar-refractivity contribution in [1.82, 2.24) is 10.2 Å². The summed E-state index contributed by atoms with van der Waals surface area (Å²) in [5, 5.41) is 3.22. The average molecular weight is 212 g/mol. The van der Waals surface area contributed by atoms with Crippen molar-refractivity contribution in [2.45, 2.75) is 45.6 Å². The van der Waals surface area contributed by atoms with Crippen LogP contribution in [-0.2, 0) is 0 Å². The number of nitrogens with one attached hydrogen (secondary N) is 1. The van der Waals surface area contributed by atoms with E-state index < -0.39 is 0 Å². The summed E-state index contributed by atoms with van der Waals surface area (Å²) in [6, 6.07) is 0.834. The molecule has 0 heterocycles. The van der Waals surface area contributed by atoms with E-state index in [0.29, 0.717) is 0 Å². The highest BCUT2D eigenvalue weighted by Gasteiger charge is 2.26. The van der Waals surface area contributed by atoms with Crippen molar-refractivity contribution in [3.8, 4) is 0 Å². The van der Waals surface area contributed by atoms with Crippen LogP contribution in [0.15, 0.2) is 0 Å². The zero-order chi connectivity index (χ0) is 11.3. The quantitative estimate of drug-likeness (QED) is 0.704. The van der Waals surface area contributed by atoms with Gasteiger partial charge in [-0.3, -0.25) is 0 Å². The topological polar surface area (TPSA) is 15.3 Å². The summed E-state index contributed by atoms with van der Waals surface area (Å²) < 4.78 is 0. The molecule has 0 aromatic rings. The highest BCUT2D eigenvalue weighted by molar-refractivity contribution is 4.80. The van der Waals surface area contributed by atoms with E-state index in [4.69, 9.17) is 0 Å². The number of rotatable bonds is 5. The molecule has 0 radical (unpaired) electrons. The lowest BCUT2D eigenvalue weighted by Crippen LogP contribution is -2.39. The van der Waals surface area contributed by atoms with E-state index in [1.165, 1.54) is 32.2 Å². The van der Waals surface area contributed by atoms with Crippen LogP contribution < -0.4 is 5.32 Å². The Hall–Kier alpha value is -0.0800. The molecule has 1 saturated carbocycles. The minimum absolute atomic E-state index is 0.834. The van der Waals surface area contributed by atoms with Crippen LogP contribution in [0.5, 0.6) is 0 Å². The van der Waals surface area contributed by atoms with Crippen LogP contribution in [-0.4, -0.2) is 38.1 Å². The van der Waals surface area contributed by atoms with Gasteiger partial charge in [-0.15, -0.1) is 0 Å². The minimum atomic E-state index is 0.834. The van der Waals surface area contributed by atoms with Crippen LogP contribution in [0, 0.1) is 11.8 Å². The summed E-state index contributed by atoms with van der Waals surface area (Å²) in [5.41, 5.74) is 0. The largest absolute Gasteiger partial charge is 0.320 e. The van der Waals surface area contributed by atoms with Gasteiger partial charge in [0.2, 0.25) is 0 Å². The van der Waals surface area contributed by atoms with Gasteiger partial charge in [-0.1, -0.05) is 13.8 Å². The second kappa shape index (κ2) is 6.49. The summed E-state index contributed by atoms with van der Waals surface area (Å²) >= 11 is 0. The zero-order valence-electron chi connectivity index (χ0n) is 10.9. The van der Waals surface area contributed by atoms with E-state index in [9.17, 15) is 0 Å². The third-order valence-corrected chi connectivity index (χ3v) is 3.71. The van der Waals surface area contributed by atoms with Crippen molar-refractivity contribution in [1.29, 1.82) is 0 Å².